The van der Waals surface area contributed by atoms with Crippen molar-refractivity contribution in [2.24, 2.45) is 0 Å². The van der Waals surface area contributed by atoms with Crippen molar-refractivity contribution in [2.45, 2.75) is 44.0 Å². The zero-order valence-electron chi connectivity index (χ0n) is 12.8. The van der Waals surface area contributed by atoms with Gasteiger partial charge in [-0.1, -0.05) is 61.8 Å². The first kappa shape index (κ1) is 16.4. The zero-order chi connectivity index (χ0) is 15.2. The van der Waals surface area contributed by atoms with E-state index in [1.807, 2.05) is 23.9 Å². The zero-order valence-corrected chi connectivity index (χ0v) is 14.4. The Labute approximate surface area is 137 Å². The minimum atomic E-state index is 0.471. The molecule has 0 saturated carbocycles. The molecule has 0 unspecified atom stereocenters. The summed E-state index contributed by atoms with van der Waals surface area (Å²) in [6.45, 7) is 7.33. The fourth-order valence-corrected chi connectivity index (χ4v) is 3.60. The van der Waals surface area contributed by atoms with Crippen molar-refractivity contribution in [3.8, 4) is 0 Å². The van der Waals surface area contributed by atoms with Gasteiger partial charge < -0.3 is 5.32 Å². The summed E-state index contributed by atoms with van der Waals surface area (Å²) in [5.41, 5.74) is 3.97. The average Bonchev–Trinajstić information content (AvgIpc) is 2.45. The molecule has 0 fully saturated rings. The second kappa shape index (κ2) is 7.88. The van der Waals surface area contributed by atoms with Crippen LogP contribution in [0.25, 0.3) is 0 Å². The first-order valence-corrected chi connectivity index (χ1v) is 8.62. The van der Waals surface area contributed by atoms with Gasteiger partial charge in [0, 0.05) is 23.2 Å². The van der Waals surface area contributed by atoms with E-state index in [9.17, 15) is 0 Å². The van der Waals surface area contributed by atoms with Crippen molar-refractivity contribution in [2.75, 3.05) is 0 Å². The van der Waals surface area contributed by atoms with E-state index in [4.69, 9.17) is 11.6 Å². The van der Waals surface area contributed by atoms with Gasteiger partial charge in [-0.05, 0) is 29.7 Å². The first-order valence-electron chi connectivity index (χ1n) is 7.26. The van der Waals surface area contributed by atoms with Crippen LogP contribution in [0.15, 0.2) is 47.4 Å². The van der Waals surface area contributed by atoms with Gasteiger partial charge in [0.1, 0.15) is 0 Å². The van der Waals surface area contributed by atoms with Crippen LogP contribution in [0.5, 0.6) is 0 Å². The summed E-state index contributed by atoms with van der Waals surface area (Å²) >= 11 is 8.22. The molecule has 0 bridgehead atoms. The molecule has 2 rings (SSSR count). The van der Waals surface area contributed by atoms with Gasteiger partial charge in [0.25, 0.3) is 0 Å². The first-order chi connectivity index (χ1) is 10.1. The van der Waals surface area contributed by atoms with Crippen LogP contribution in [0.2, 0.25) is 5.02 Å². The van der Waals surface area contributed by atoms with Gasteiger partial charge in [0.15, 0.2) is 0 Å². The Balaban J connectivity index is 2.13. The lowest BCUT2D eigenvalue weighted by atomic mass is 10.1. The van der Waals surface area contributed by atoms with E-state index in [0.717, 1.165) is 17.3 Å². The molecule has 3 heteroatoms. The van der Waals surface area contributed by atoms with Gasteiger partial charge >= 0.3 is 0 Å². The number of thioether (sulfide) groups is 1. The number of hydrogen-bond donors (Lipinski definition) is 1. The monoisotopic (exact) mass is 319 g/mol. The van der Waals surface area contributed by atoms with Crippen molar-refractivity contribution in [3.05, 3.63) is 64.2 Å². The van der Waals surface area contributed by atoms with Crippen molar-refractivity contribution >= 4 is 23.4 Å². The molecular formula is C18H22ClNS. The molecule has 2 aromatic carbocycles. The molecule has 0 aliphatic heterocycles. The summed E-state index contributed by atoms with van der Waals surface area (Å²) in [6, 6.07) is 15.1. The van der Waals surface area contributed by atoms with Crippen LogP contribution < -0.4 is 5.32 Å². The smallest absolute Gasteiger partial charge is 0.0545 e. The van der Waals surface area contributed by atoms with Gasteiger partial charge in [-0.15, -0.1) is 11.8 Å². The van der Waals surface area contributed by atoms with E-state index in [-0.39, 0.29) is 0 Å². The lowest BCUT2D eigenvalue weighted by Crippen LogP contribution is -2.22. The molecule has 0 aliphatic rings. The van der Waals surface area contributed by atoms with Crippen LogP contribution in [0, 0.1) is 6.92 Å². The molecule has 0 spiro atoms. The highest BCUT2D eigenvalue weighted by molar-refractivity contribution is 7.98. The van der Waals surface area contributed by atoms with Gasteiger partial charge in [0.05, 0.1) is 5.02 Å². The largest absolute Gasteiger partial charge is 0.310 e. The van der Waals surface area contributed by atoms with Crippen molar-refractivity contribution in [3.63, 3.8) is 0 Å². The minimum Gasteiger partial charge on any atom is -0.310 e. The third-order valence-corrected chi connectivity index (χ3v) is 5.04. The Morgan fingerprint density at radius 3 is 2.48 bits per heavy atom. The third-order valence-electron chi connectivity index (χ3n) is 3.38. The standard InChI is InChI=1S/C18H22ClNS/c1-13(2)20-11-15-9-6-10-17(19)18(15)21-12-16-8-5-4-7-14(16)3/h4-10,13,20H,11-12H2,1-3H3. The van der Waals surface area contributed by atoms with Gasteiger partial charge in [-0.25, -0.2) is 0 Å². The summed E-state index contributed by atoms with van der Waals surface area (Å²) in [5, 5.41) is 4.31. The fraction of sp³-hybridized carbons (Fsp3) is 0.333. The molecule has 0 saturated heterocycles. The number of aryl methyl sites for hydroxylation is 1. The fourth-order valence-electron chi connectivity index (χ4n) is 2.09. The van der Waals surface area contributed by atoms with E-state index in [1.54, 1.807) is 0 Å². The van der Waals surface area contributed by atoms with Crippen molar-refractivity contribution in [1.82, 2.24) is 5.32 Å². The van der Waals surface area contributed by atoms with Crippen LogP contribution in [0.4, 0.5) is 0 Å². The van der Waals surface area contributed by atoms with Crippen LogP contribution in [-0.4, -0.2) is 6.04 Å². The van der Waals surface area contributed by atoms with E-state index in [1.165, 1.54) is 21.6 Å². The maximum Gasteiger partial charge on any atom is 0.0545 e. The van der Waals surface area contributed by atoms with Crippen LogP contribution in [0.1, 0.15) is 30.5 Å². The molecule has 2 aromatic rings. The van der Waals surface area contributed by atoms with Crippen molar-refractivity contribution < 1.29 is 0 Å². The minimum absolute atomic E-state index is 0.471. The normalized spacial score (nSPS) is 11.1. The molecule has 1 nitrogen and oxygen atoms in total. The number of halogens is 1. The number of nitrogens with one attached hydrogen (secondary N) is 1. The van der Waals surface area contributed by atoms with E-state index in [2.05, 4.69) is 56.4 Å². The molecular weight excluding hydrogens is 298 g/mol. The Bertz CT molecular complexity index is 596. The molecule has 21 heavy (non-hydrogen) atoms. The average molecular weight is 320 g/mol. The molecule has 0 radical (unpaired) electrons. The molecule has 0 heterocycles. The van der Waals surface area contributed by atoms with Crippen LogP contribution >= 0.6 is 23.4 Å². The number of rotatable bonds is 6. The van der Waals surface area contributed by atoms with Gasteiger partial charge in [-0.2, -0.15) is 0 Å². The van der Waals surface area contributed by atoms with E-state index in [0.29, 0.717) is 6.04 Å². The second-order valence-corrected chi connectivity index (χ2v) is 6.87. The Morgan fingerprint density at radius 1 is 1.05 bits per heavy atom. The maximum absolute atomic E-state index is 6.40. The highest BCUT2D eigenvalue weighted by Crippen LogP contribution is 2.33. The molecule has 1 N–H and O–H groups in total. The third kappa shape index (κ3) is 4.77. The summed E-state index contributed by atoms with van der Waals surface area (Å²) in [5.74, 6) is 0.949. The summed E-state index contributed by atoms with van der Waals surface area (Å²) in [6.07, 6.45) is 0. The second-order valence-electron chi connectivity index (χ2n) is 5.48. The molecule has 0 atom stereocenters. The van der Waals surface area contributed by atoms with Gasteiger partial charge in [-0.3, -0.25) is 0 Å². The molecule has 0 aromatic heterocycles. The maximum atomic E-state index is 6.40. The Morgan fingerprint density at radius 2 is 1.76 bits per heavy atom. The summed E-state index contributed by atoms with van der Waals surface area (Å²) < 4.78 is 0. The van der Waals surface area contributed by atoms with E-state index >= 15 is 0 Å². The lowest BCUT2D eigenvalue weighted by Gasteiger charge is -2.14. The van der Waals surface area contributed by atoms with E-state index < -0.39 is 0 Å². The molecule has 0 aliphatic carbocycles. The van der Waals surface area contributed by atoms with Crippen molar-refractivity contribution in [1.29, 1.82) is 0 Å². The Kier molecular flexibility index (Phi) is 6.16. The summed E-state index contributed by atoms with van der Waals surface area (Å²) in [7, 11) is 0. The molecule has 0 amide bonds. The van der Waals surface area contributed by atoms with Gasteiger partial charge in [0.2, 0.25) is 0 Å². The number of benzene rings is 2. The summed E-state index contributed by atoms with van der Waals surface area (Å²) in [4.78, 5) is 1.19. The predicted octanol–water partition coefficient (Wildman–Crippen LogP) is 5.44. The predicted molar refractivity (Wildman–Crippen MR) is 94.2 cm³/mol. The molecule has 112 valence electrons. The quantitative estimate of drug-likeness (QED) is 0.712. The SMILES string of the molecule is Cc1ccccc1CSc1c(Cl)cccc1CNC(C)C. The highest BCUT2D eigenvalue weighted by Gasteiger charge is 2.09. The number of hydrogen-bond acceptors (Lipinski definition) is 2. The Hall–Kier alpha value is -0.960. The lowest BCUT2D eigenvalue weighted by molar-refractivity contribution is 0.585. The highest BCUT2D eigenvalue weighted by atomic mass is 35.5. The van der Waals surface area contributed by atoms with Crippen LogP contribution in [0.3, 0.4) is 0 Å². The van der Waals surface area contributed by atoms with Crippen LogP contribution in [-0.2, 0) is 12.3 Å². The topological polar surface area (TPSA) is 12.0 Å².